The first kappa shape index (κ1) is 15.9. The largest absolute Gasteiger partial charge is 0.354 e. The van der Waals surface area contributed by atoms with Gasteiger partial charge in [0.15, 0.2) is 11.4 Å². The van der Waals surface area contributed by atoms with Crippen LogP contribution in [0.3, 0.4) is 0 Å². The molecule has 8 nitrogen and oxygen atoms in total. The molecule has 0 aliphatic heterocycles. The van der Waals surface area contributed by atoms with E-state index in [0.717, 1.165) is 10.6 Å². The molecular formula is C15H16N6O2S. The van der Waals surface area contributed by atoms with Crippen LogP contribution in [0.15, 0.2) is 29.8 Å². The second-order valence-electron chi connectivity index (χ2n) is 4.92. The fraction of sp³-hybridized carbons (Fsp3) is 0.200. The smallest absolute Gasteiger partial charge is 0.276 e. The highest BCUT2D eigenvalue weighted by Gasteiger charge is 2.19. The number of hydrogen-bond donors (Lipinski definition) is 3. The molecule has 0 aliphatic rings. The molecule has 3 aromatic heterocycles. The minimum Gasteiger partial charge on any atom is -0.354 e. The van der Waals surface area contributed by atoms with Crippen LogP contribution in [0.1, 0.15) is 27.9 Å². The zero-order valence-corrected chi connectivity index (χ0v) is 14.0. The quantitative estimate of drug-likeness (QED) is 0.658. The van der Waals surface area contributed by atoms with Gasteiger partial charge in [0.05, 0.1) is 16.3 Å². The SMILES string of the molecule is CCn1cc(NC(=O)c2cc(-c3cccs3)[nH]n2)c(C(=O)NC)n1. The van der Waals surface area contributed by atoms with E-state index in [4.69, 9.17) is 0 Å². The third kappa shape index (κ3) is 3.06. The van der Waals surface area contributed by atoms with Crippen LogP contribution >= 0.6 is 11.3 Å². The summed E-state index contributed by atoms with van der Waals surface area (Å²) in [5.74, 6) is -0.770. The minimum atomic E-state index is -0.408. The second kappa shape index (κ2) is 6.67. The van der Waals surface area contributed by atoms with Crippen molar-refractivity contribution in [1.29, 1.82) is 0 Å². The van der Waals surface area contributed by atoms with Gasteiger partial charge in [0, 0.05) is 19.8 Å². The van der Waals surface area contributed by atoms with Crippen LogP contribution in [-0.4, -0.2) is 38.8 Å². The Morgan fingerprint density at radius 1 is 1.38 bits per heavy atom. The number of nitrogens with one attached hydrogen (secondary N) is 3. The van der Waals surface area contributed by atoms with Gasteiger partial charge >= 0.3 is 0 Å². The van der Waals surface area contributed by atoms with Crippen LogP contribution in [0.5, 0.6) is 0 Å². The Balaban J connectivity index is 1.82. The van der Waals surface area contributed by atoms with Crippen molar-refractivity contribution in [3.8, 4) is 10.6 Å². The Bertz CT molecular complexity index is 865. The fourth-order valence-corrected chi connectivity index (χ4v) is 2.84. The van der Waals surface area contributed by atoms with Crippen LogP contribution in [0, 0.1) is 0 Å². The number of amides is 2. The molecule has 0 bridgehead atoms. The predicted octanol–water partition coefficient (Wildman–Crippen LogP) is 1.97. The van der Waals surface area contributed by atoms with E-state index in [1.54, 1.807) is 28.3 Å². The number of aryl methyl sites for hydroxylation is 1. The number of carbonyl (C=O) groups is 2. The molecule has 9 heteroatoms. The first-order valence-corrected chi connectivity index (χ1v) is 8.20. The molecule has 3 N–H and O–H groups in total. The average molecular weight is 344 g/mol. The molecule has 0 aliphatic carbocycles. The number of rotatable bonds is 5. The van der Waals surface area contributed by atoms with Crippen LogP contribution in [0.4, 0.5) is 5.69 Å². The van der Waals surface area contributed by atoms with E-state index in [1.165, 1.54) is 7.05 Å². The summed E-state index contributed by atoms with van der Waals surface area (Å²) >= 11 is 1.55. The summed E-state index contributed by atoms with van der Waals surface area (Å²) in [6.45, 7) is 2.48. The molecule has 0 saturated heterocycles. The summed E-state index contributed by atoms with van der Waals surface area (Å²) in [6.07, 6.45) is 1.62. The maximum absolute atomic E-state index is 12.4. The summed E-state index contributed by atoms with van der Waals surface area (Å²) < 4.78 is 1.59. The molecule has 0 unspecified atom stereocenters. The van der Waals surface area contributed by atoms with Crippen molar-refractivity contribution in [2.75, 3.05) is 12.4 Å². The van der Waals surface area contributed by atoms with Gasteiger partial charge in [-0.15, -0.1) is 11.3 Å². The van der Waals surface area contributed by atoms with Gasteiger partial charge in [-0.1, -0.05) is 6.07 Å². The monoisotopic (exact) mass is 344 g/mol. The summed E-state index contributed by atoms with van der Waals surface area (Å²) in [5.41, 5.74) is 1.53. The van der Waals surface area contributed by atoms with Gasteiger partial charge in [0.2, 0.25) is 0 Å². The molecule has 124 valence electrons. The topological polar surface area (TPSA) is 105 Å². The maximum atomic E-state index is 12.4. The Hall–Kier alpha value is -2.94. The number of aromatic nitrogens is 4. The lowest BCUT2D eigenvalue weighted by Gasteiger charge is -2.02. The Kier molecular flexibility index (Phi) is 4.43. The van der Waals surface area contributed by atoms with Crippen molar-refractivity contribution < 1.29 is 9.59 Å². The van der Waals surface area contributed by atoms with Gasteiger partial charge in [-0.05, 0) is 24.4 Å². The number of H-pyrrole nitrogens is 1. The molecule has 24 heavy (non-hydrogen) atoms. The lowest BCUT2D eigenvalue weighted by atomic mass is 10.3. The van der Waals surface area contributed by atoms with Crippen molar-refractivity contribution in [1.82, 2.24) is 25.3 Å². The fourth-order valence-electron chi connectivity index (χ4n) is 2.14. The number of nitrogens with zero attached hydrogens (tertiary/aromatic N) is 3. The lowest BCUT2D eigenvalue weighted by molar-refractivity contribution is 0.0958. The molecule has 0 atom stereocenters. The van der Waals surface area contributed by atoms with Crippen LogP contribution in [0.25, 0.3) is 10.6 Å². The normalized spacial score (nSPS) is 10.6. The number of thiophene rings is 1. The average Bonchev–Trinajstić information content (AvgIpc) is 3.32. The van der Waals surface area contributed by atoms with Crippen molar-refractivity contribution in [3.63, 3.8) is 0 Å². The zero-order chi connectivity index (χ0) is 17.1. The summed E-state index contributed by atoms with van der Waals surface area (Å²) in [5, 5.41) is 18.2. The molecule has 3 heterocycles. The number of hydrogen-bond acceptors (Lipinski definition) is 5. The van der Waals surface area contributed by atoms with E-state index in [9.17, 15) is 9.59 Å². The Labute approximate surface area is 141 Å². The minimum absolute atomic E-state index is 0.168. The maximum Gasteiger partial charge on any atom is 0.276 e. The molecule has 0 fully saturated rings. The highest BCUT2D eigenvalue weighted by molar-refractivity contribution is 7.13. The third-order valence-electron chi connectivity index (χ3n) is 3.37. The number of carbonyl (C=O) groups excluding carboxylic acids is 2. The molecule has 0 radical (unpaired) electrons. The highest BCUT2D eigenvalue weighted by Crippen LogP contribution is 2.23. The van der Waals surface area contributed by atoms with E-state index < -0.39 is 5.91 Å². The van der Waals surface area contributed by atoms with E-state index in [1.807, 2.05) is 24.4 Å². The Morgan fingerprint density at radius 3 is 2.88 bits per heavy atom. The van der Waals surface area contributed by atoms with Crippen LogP contribution in [-0.2, 0) is 6.54 Å². The molecule has 0 aromatic carbocycles. The third-order valence-corrected chi connectivity index (χ3v) is 4.28. The molecule has 0 saturated carbocycles. The van der Waals surface area contributed by atoms with Gasteiger partial charge in [-0.3, -0.25) is 19.4 Å². The van der Waals surface area contributed by atoms with E-state index in [2.05, 4.69) is 25.9 Å². The lowest BCUT2D eigenvalue weighted by Crippen LogP contribution is -2.21. The zero-order valence-electron chi connectivity index (χ0n) is 13.2. The molecule has 0 spiro atoms. The van der Waals surface area contributed by atoms with Gasteiger partial charge in [-0.2, -0.15) is 10.2 Å². The van der Waals surface area contributed by atoms with Gasteiger partial charge < -0.3 is 10.6 Å². The first-order chi connectivity index (χ1) is 11.6. The van der Waals surface area contributed by atoms with Crippen molar-refractivity contribution in [2.24, 2.45) is 0 Å². The molecular weight excluding hydrogens is 328 g/mol. The Morgan fingerprint density at radius 2 is 2.21 bits per heavy atom. The summed E-state index contributed by atoms with van der Waals surface area (Å²) in [4.78, 5) is 25.3. The van der Waals surface area contributed by atoms with E-state index in [-0.39, 0.29) is 17.3 Å². The summed E-state index contributed by atoms with van der Waals surface area (Å²) in [7, 11) is 1.51. The van der Waals surface area contributed by atoms with Gasteiger partial charge in [0.25, 0.3) is 11.8 Å². The van der Waals surface area contributed by atoms with Crippen LogP contribution < -0.4 is 10.6 Å². The second-order valence-corrected chi connectivity index (χ2v) is 5.87. The van der Waals surface area contributed by atoms with Crippen molar-refractivity contribution in [3.05, 3.63) is 41.2 Å². The van der Waals surface area contributed by atoms with Crippen molar-refractivity contribution in [2.45, 2.75) is 13.5 Å². The first-order valence-electron chi connectivity index (χ1n) is 7.32. The van der Waals surface area contributed by atoms with Gasteiger partial charge in [0.1, 0.15) is 0 Å². The summed E-state index contributed by atoms with van der Waals surface area (Å²) in [6, 6.07) is 5.54. The van der Waals surface area contributed by atoms with Crippen molar-refractivity contribution >= 4 is 28.8 Å². The predicted molar refractivity (Wildman–Crippen MR) is 91.1 cm³/mol. The standard InChI is InChI=1S/C15H16N6O2S/c1-3-21-8-11(13(20-21)15(23)16-2)17-14(22)10-7-9(18-19-10)12-5-4-6-24-12/h4-8H,3H2,1-2H3,(H,16,23)(H,17,22)(H,18,19). The van der Waals surface area contributed by atoms with Gasteiger partial charge in [-0.25, -0.2) is 0 Å². The van der Waals surface area contributed by atoms with Crippen LogP contribution in [0.2, 0.25) is 0 Å². The highest BCUT2D eigenvalue weighted by atomic mass is 32.1. The number of aromatic amines is 1. The van der Waals surface area contributed by atoms with E-state index in [0.29, 0.717) is 12.2 Å². The van der Waals surface area contributed by atoms with E-state index >= 15 is 0 Å². The number of anilines is 1. The molecule has 2 amide bonds. The molecule has 3 aromatic rings. The molecule has 3 rings (SSSR count).